The van der Waals surface area contributed by atoms with Crippen LogP contribution in [0.1, 0.15) is 25.7 Å². The zero-order chi connectivity index (χ0) is 11.3. The van der Waals surface area contributed by atoms with Crippen LogP contribution in [0.5, 0.6) is 0 Å². The van der Waals surface area contributed by atoms with Gasteiger partial charge in [0, 0.05) is 0 Å². The Labute approximate surface area is 112 Å². The molecule has 1 heteroatoms. The van der Waals surface area contributed by atoms with E-state index < -0.39 is 0 Å². The van der Waals surface area contributed by atoms with Crippen molar-refractivity contribution in [3.8, 4) is 0 Å². The Hall–Kier alpha value is 0.430. The predicted molar refractivity (Wildman–Crippen MR) is 73.8 cm³/mol. The first-order valence-electron chi connectivity index (χ1n) is 8.62. The summed E-state index contributed by atoms with van der Waals surface area (Å²) in [5.41, 5.74) is 0.996. The van der Waals surface area contributed by atoms with Crippen molar-refractivity contribution in [1.82, 2.24) is 0 Å². The summed E-state index contributed by atoms with van der Waals surface area (Å²) in [6, 6.07) is 0. The first-order valence-corrected chi connectivity index (χ1v) is 9.28. The van der Waals surface area contributed by atoms with Gasteiger partial charge in [0.15, 0.2) is 0 Å². The van der Waals surface area contributed by atoms with Crippen LogP contribution in [-0.4, -0.2) is 5.66 Å². The zero-order valence-electron chi connectivity index (χ0n) is 10.9. The summed E-state index contributed by atoms with van der Waals surface area (Å²) in [7, 11) is 3.14. The molecule has 0 N–H and O–H groups in total. The lowest BCUT2D eigenvalue weighted by atomic mass is 9.15. The molecule has 0 aliphatic heterocycles. The van der Waals surface area contributed by atoms with Gasteiger partial charge < -0.3 is 0 Å². The smallest absolute Gasteiger partial charge is 0.0259 e. The van der Waals surface area contributed by atoms with Gasteiger partial charge in [-0.1, -0.05) is 0 Å². The number of hydrogen-bond acceptors (Lipinski definition) is 0. The fourth-order valence-electron chi connectivity index (χ4n) is 9.20. The normalized spacial score (nSPS) is 83.5. The Bertz CT molecular complexity index is 410. The molecule has 0 heterocycles. The molecule has 0 bridgehead atoms. The van der Waals surface area contributed by atoms with Gasteiger partial charge in [0.25, 0.3) is 0 Å². The van der Waals surface area contributed by atoms with E-state index in [1.54, 1.807) is 25.7 Å². The highest BCUT2D eigenvalue weighted by atomic mass is 31.0. The highest BCUT2D eigenvalue weighted by Gasteiger charge is 2.85. The van der Waals surface area contributed by atoms with E-state index in [2.05, 4.69) is 9.24 Å². The number of hydrogen-bond donors (Lipinski definition) is 0. The Morgan fingerprint density at radius 3 is 1.28 bits per heavy atom. The van der Waals surface area contributed by atoms with E-state index in [1.165, 1.54) is 71.0 Å². The van der Waals surface area contributed by atoms with Gasteiger partial charge in [-0.25, -0.2) is 0 Å². The molecule has 0 aromatic heterocycles. The largest absolute Gasteiger partial charge is 0.134 e. The van der Waals surface area contributed by atoms with Gasteiger partial charge in [-0.05, 0) is 102 Å². The molecule has 96 valence electrons. The molecule has 7 aliphatic rings. The molecule has 0 nitrogen and oxygen atoms in total. The topological polar surface area (TPSA) is 0 Å². The van der Waals surface area contributed by atoms with Crippen molar-refractivity contribution in [3.63, 3.8) is 0 Å². The highest BCUT2D eigenvalue weighted by molar-refractivity contribution is 7.17. The second kappa shape index (κ2) is 2.49. The molecule has 0 aromatic carbocycles. The molecule has 7 fully saturated rings. The quantitative estimate of drug-likeness (QED) is 0.462. The summed E-state index contributed by atoms with van der Waals surface area (Å²) in [5.74, 6) is 15.1. The van der Waals surface area contributed by atoms with Crippen molar-refractivity contribution in [2.45, 2.75) is 31.3 Å². The van der Waals surface area contributed by atoms with Crippen molar-refractivity contribution < 1.29 is 0 Å². The third-order valence-electron chi connectivity index (χ3n) is 9.51. The van der Waals surface area contributed by atoms with Crippen molar-refractivity contribution >= 4 is 9.24 Å². The second-order valence-electron chi connectivity index (χ2n) is 9.08. The molecule has 0 radical (unpaired) electrons. The fourth-order valence-corrected chi connectivity index (χ4v) is 9.83. The second-order valence-corrected chi connectivity index (χ2v) is 10.0. The number of fused-ring (bicyclic) bond motifs is 16. The molecular weight excluding hydrogens is 235 g/mol. The van der Waals surface area contributed by atoms with E-state index in [-0.39, 0.29) is 0 Å². The molecule has 13 unspecified atom stereocenters. The van der Waals surface area contributed by atoms with Crippen LogP contribution in [0.25, 0.3) is 0 Å². The fraction of sp³-hybridized carbons (Fsp3) is 1.00. The Balaban J connectivity index is 1.23. The monoisotopic (exact) mass is 258 g/mol. The van der Waals surface area contributed by atoms with Crippen molar-refractivity contribution in [2.24, 2.45) is 71.0 Å². The van der Waals surface area contributed by atoms with Crippen LogP contribution in [0.2, 0.25) is 0 Å². The Kier molecular flexibility index (Phi) is 1.30. The molecule has 7 rings (SSSR count). The van der Waals surface area contributed by atoms with Gasteiger partial charge in [0.1, 0.15) is 0 Å². The van der Waals surface area contributed by atoms with Crippen molar-refractivity contribution in [2.75, 3.05) is 0 Å². The standard InChI is InChI=1S/C17H23P/c18-5-3-8-9(4-5)13-12(8)16-14-10-6-1-2-7(6)11(10)15(14)17(13)16/h5-17H,1-4,18H2. The van der Waals surface area contributed by atoms with Crippen LogP contribution in [-0.2, 0) is 0 Å². The maximum Gasteiger partial charge on any atom is -0.0259 e. The summed E-state index contributed by atoms with van der Waals surface area (Å²) < 4.78 is 0. The lowest BCUT2D eigenvalue weighted by Gasteiger charge is -2.90. The minimum Gasteiger partial charge on any atom is -0.134 e. The summed E-state index contributed by atoms with van der Waals surface area (Å²) >= 11 is 0. The first-order chi connectivity index (χ1) is 8.86. The van der Waals surface area contributed by atoms with E-state index in [4.69, 9.17) is 0 Å². The van der Waals surface area contributed by atoms with E-state index in [0.717, 1.165) is 5.66 Å². The van der Waals surface area contributed by atoms with Crippen LogP contribution < -0.4 is 0 Å². The molecule has 7 aliphatic carbocycles. The van der Waals surface area contributed by atoms with Crippen LogP contribution in [0.15, 0.2) is 0 Å². The lowest BCUT2D eigenvalue weighted by molar-refractivity contribution is -0.427. The van der Waals surface area contributed by atoms with E-state index >= 15 is 0 Å². The van der Waals surface area contributed by atoms with E-state index in [0.29, 0.717) is 0 Å². The minimum absolute atomic E-state index is 0.996. The maximum absolute atomic E-state index is 3.14. The lowest BCUT2D eigenvalue weighted by Crippen LogP contribution is -2.86. The summed E-state index contributed by atoms with van der Waals surface area (Å²) in [5, 5.41) is 0. The van der Waals surface area contributed by atoms with E-state index in [9.17, 15) is 0 Å². The SMILES string of the molecule is PC1CC2C(C1)C1C2C2C3C4C5CCC5C4C3C12. The van der Waals surface area contributed by atoms with Gasteiger partial charge in [0.05, 0.1) is 0 Å². The predicted octanol–water partition coefficient (Wildman–Crippen LogP) is 3.28. The zero-order valence-corrected chi connectivity index (χ0v) is 12.1. The minimum atomic E-state index is 0.996. The summed E-state index contributed by atoms with van der Waals surface area (Å²) in [6.45, 7) is 0. The third-order valence-corrected chi connectivity index (χ3v) is 10.0. The van der Waals surface area contributed by atoms with Crippen LogP contribution in [0.3, 0.4) is 0 Å². The summed E-state index contributed by atoms with van der Waals surface area (Å²) in [6.07, 6.45) is 6.41. The molecule has 0 amide bonds. The molecule has 0 saturated heterocycles. The molecule has 7 saturated carbocycles. The molecular formula is C17H23P. The Morgan fingerprint density at radius 1 is 0.500 bits per heavy atom. The van der Waals surface area contributed by atoms with Gasteiger partial charge in [-0.2, -0.15) is 0 Å². The third kappa shape index (κ3) is 0.652. The average molecular weight is 258 g/mol. The van der Waals surface area contributed by atoms with Crippen LogP contribution >= 0.6 is 9.24 Å². The first kappa shape index (κ1) is 9.38. The van der Waals surface area contributed by atoms with Gasteiger partial charge in [0.2, 0.25) is 0 Å². The molecule has 18 heavy (non-hydrogen) atoms. The summed E-state index contributed by atoms with van der Waals surface area (Å²) in [4.78, 5) is 0. The molecule has 0 spiro atoms. The van der Waals surface area contributed by atoms with Crippen molar-refractivity contribution in [1.29, 1.82) is 0 Å². The van der Waals surface area contributed by atoms with Crippen LogP contribution in [0, 0.1) is 71.0 Å². The van der Waals surface area contributed by atoms with Crippen LogP contribution in [0.4, 0.5) is 0 Å². The highest BCUT2D eigenvalue weighted by Crippen LogP contribution is 2.89. The van der Waals surface area contributed by atoms with Crippen molar-refractivity contribution in [3.05, 3.63) is 0 Å². The van der Waals surface area contributed by atoms with Gasteiger partial charge in [-0.3, -0.25) is 0 Å². The molecule has 0 aromatic rings. The maximum atomic E-state index is 3.14. The Morgan fingerprint density at radius 2 is 0.889 bits per heavy atom. The van der Waals surface area contributed by atoms with Gasteiger partial charge >= 0.3 is 0 Å². The van der Waals surface area contributed by atoms with E-state index in [1.807, 2.05) is 0 Å². The average Bonchev–Trinajstić information content (AvgIpc) is 2.60. The van der Waals surface area contributed by atoms with Gasteiger partial charge in [-0.15, -0.1) is 9.24 Å². The number of rotatable bonds is 0. The molecule has 13 atom stereocenters.